The van der Waals surface area contributed by atoms with Crippen LogP contribution in [0.15, 0.2) is 59.8 Å². The number of hydrogen-bond donors (Lipinski definition) is 1. The maximum atomic E-state index is 11.7. The number of thioether (sulfide) groups is 1. The molecule has 0 atom stereocenters. The van der Waals surface area contributed by atoms with Crippen LogP contribution >= 0.6 is 11.8 Å². The molecule has 0 radical (unpaired) electrons. The van der Waals surface area contributed by atoms with E-state index in [2.05, 4.69) is 27.6 Å². The fraction of sp³-hybridized carbons (Fsp3) is 0.333. The molecule has 0 saturated carbocycles. The van der Waals surface area contributed by atoms with Crippen LogP contribution in [0.1, 0.15) is 12.2 Å². The van der Waals surface area contributed by atoms with Gasteiger partial charge in [-0.25, -0.2) is 4.79 Å². The zero-order valence-electron chi connectivity index (χ0n) is 19.0. The van der Waals surface area contributed by atoms with Crippen LogP contribution in [0, 0.1) is 0 Å². The Labute approximate surface area is 202 Å². The van der Waals surface area contributed by atoms with E-state index in [9.17, 15) is 9.59 Å². The second kappa shape index (κ2) is 11.7. The van der Waals surface area contributed by atoms with Crippen LogP contribution in [0.4, 0.5) is 4.79 Å². The van der Waals surface area contributed by atoms with Gasteiger partial charge in [0, 0.05) is 31.5 Å². The van der Waals surface area contributed by atoms with Crippen molar-refractivity contribution in [3.05, 3.63) is 60.4 Å². The number of amides is 3. The summed E-state index contributed by atoms with van der Waals surface area (Å²) in [5, 5.41) is 12.0. The molecule has 34 heavy (non-hydrogen) atoms. The highest BCUT2D eigenvalue weighted by Crippen LogP contribution is 2.30. The number of para-hydroxylation sites is 1. The monoisotopic (exact) mass is 481 g/mol. The van der Waals surface area contributed by atoms with Gasteiger partial charge in [0.2, 0.25) is 5.91 Å². The van der Waals surface area contributed by atoms with Crippen molar-refractivity contribution in [3.8, 4) is 16.9 Å². The number of nitrogens with zero attached hydrogens (tertiary/aromatic N) is 4. The first-order valence-electron chi connectivity index (χ1n) is 11.1. The number of rotatable bonds is 12. The molecular weight excluding hydrogens is 454 g/mol. The van der Waals surface area contributed by atoms with Crippen molar-refractivity contribution in [2.24, 2.45) is 0 Å². The number of carbonyl (C=O) groups excluding carboxylic acids is 2. The Bertz CT molecular complexity index is 1110. The van der Waals surface area contributed by atoms with Crippen LogP contribution in [-0.4, -0.2) is 64.2 Å². The van der Waals surface area contributed by atoms with Crippen LogP contribution in [0.5, 0.6) is 5.75 Å². The van der Waals surface area contributed by atoms with E-state index < -0.39 is 0 Å². The van der Waals surface area contributed by atoms with E-state index in [-0.39, 0.29) is 25.1 Å². The number of hydrogen-bond acceptors (Lipinski definition) is 7. The highest BCUT2D eigenvalue weighted by atomic mass is 32.2. The first-order valence-corrected chi connectivity index (χ1v) is 12.0. The van der Waals surface area contributed by atoms with E-state index in [0.29, 0.717) is 37.7 Å². The molecule has 10 heteroatoms. The van der Waals surface area contributed by atoms with Crippen LogP contribution < -0.4 is 10.1 Å². The number of carbonyl (C=O) groups is 2. The van der Waals surface area contributed by atoms with Crippen LogP contribution in [0.25, 0.3) is 11.1 Å². The van der Waals surface area contributed by atoms with Crippen LogP contribution in [-0.2, 0) is 22.7 Å². The lowest BCUT2D eigenvalue weighted by Crippen LogP contribution is -2.32. The van der Waals surface area contributed by atoms with Crippen LogP contribution in [0.2, 0.25) is 0 Å². The predicted molar refractivity (Wildman–Crippen MR) is 129 cm³/mol. The third-order valence-electron chi connectivity index (χ3n) is 5.34. The number of benzene rings is 2. The molecular formula is C24H27N5O4S. The van der Waals surface area contributed by atoms with Gasteiger partial charge in [0.05, 0.1) is 13.2 Å². The molecule has 4 rings (SSSR count). The summed E-state index contributed by atoms with van der Waals surface area (Å²) in [6.45, 7) is 1.84. The second-order valence-electron chi connectivity index (χ2n) is 7.60. The summed E-state index contributed by atoms with van der Waals surface area (Å²) in [6.07, 6.45) is 0.664. The number of ether oxygens (including phenoxy) is 2. The third-order valence-corrected chi connectivity index (χ3v) is 6.39. The van der Waals surface area contributed by atoms with Gasteiger partial charge in [0.1, 0.15) is 12.4 Å². The van der Waals surface area contributed by atoms with E-state index >= 15 is 0 Å². The summed E-state index contributed by atoms with van der Waals surface area (Å²) < 4.78 is 13.4. The molecule has 3 amide bonds. The molecule has 1 saturated heterocycles. The molecule has 178 valence electrons. The van der Waals surface area contributed by atoms with E-state index in [1.165, 1.54) is 16.7 Å². The average molecular weight is 482 g/mol. The van der Waals surface area contributed by atoms with Gasteiger partial charge in [-0.05, 0) is 18.1 Å². The second-order valence-corrected chi connectivity index (χ2v) is 8.66. The molecule has 9 nitrogen and oxygen atoms in total. The number of aromatic nitrogens is 3. The number of methoxy groups -OCH3 is 1. The van der Waals surface area contributed by atoms with E-state index in [0.717, 1.165) is 22.0 Å². The molecule has 2 aromatic carbocycles. The highest BCUT2D eigenvalue weighted by Gasteiger charge is 2.27. The summed E-state index contributed by atoms with van der Waals surface area (Å²) in [5.74, 6) is 1.99. The van der Waals surface area contributed by atoms with Gasteiger partial charge >= 0.3 is 6.03 Å². The van der Waals surface area contributed by atoms with Crippen molar-refractivity contribution in [1.29, 1.82) is 0 Å². The molecule has 1 N–H and O–H groups in total. The molecule has 0 spiro atoms. The van der Waals surface area contributed by atoms with Crippen molar-refractivity contribution < 1.29 is 19.1 Å². The molecule has 0 unspecified atom stereocenters. The Hall–Kier alpha value is -3.37. The van der Waals surface area contributed by atoms with Crippen molar-refractivity contribution in [1.82, 2.24) is 25.0 Å². The van der Waals surface area contributed by atoms with E-state index in [1.807, 2.05) is 47.0 Å². The molecule has 3 aromatic rings. The first kappa shape index (κ1) is 23.8. The lowest BCUT2D eigenvalue weighted by molar-refractivity contribution is -0.124. The zero-order chi connectivity index (χ0) is 23.8. The molecule has 0 aliphatic carbocycles. The number of nitrogens with one attached hydrogen (secondary N) is 1. The van der Waals surface area contributed by atoms with Gasteiger partial charge in [-0.1, -0.05) is 60.3 Å². The van der Waals surface area contributed by atoms with Gasteiger partial charge in [-0.3, -0.25) is 9.69 Å². The van der Waals surface area contributed by atoms with Crippen molar-refractivity contribution in [2.75, 3.05) is 32.6 Å². The number of urea groups is 1. The lowest BCUT2D eigenvalue weighted by Gasteiger charge is -2.14. The molecule has 0 bridgehead atoms. The fourth-order valence-corrected chi connectivity index (χ4v) is 4.51. The summed E-state index contributed by atoms with van der Waals surface area (Å²) in [5.41, 5.74) is 2.10. The minimum atomic E-state index is -0.325. The molecule has 2 heterocycles. The summed E-state index contributed by atoms with van der Waals surface area (Å²) in [4.78, 5) is 24.6. The fourth-order valence-electron chi connectivity index (χ4n) is 3.60. The Morgan fingerprint density at radius 1 is 1.03 bits per heavy atom. The Balaban J connectivity index is 1.40. The largest absolute Gasteiger partial charge is 0.485 e. The van der Waals surface area contributed by atoms with E-state index in [4.69, 9.17) is 9.47 Å². The van der Waals surface area contributed by atoms with Crippen molar-refractivity contribution in [3.63, 3.8) is 0 Å². The maximum absolute atomic E-state index is 11.7. The van der Waals surface area contributed by atoms with E-state index in [1.54, 1.807) is 7.11 Å². The summed E-state index contributed by atoms with van der Waals surface area (Å²) >= 11 is 1.53. The van der Waals surface area contributed by atoms with Gasteiger partial charge in [0.25, 0.3) is 0 Å². The quantitative estimate of drug-likeness (QED) is 0.241. The highest BCUT2D eigenvalue weighted by molar-refractivity contribution is 7.99. The summed E-state index contributed by atoms with van der Waals surface area (Å²) in [6, 6.07) is 17.7. The Kier molecular flexibility index (Phi) is 8.16. The maximum Gasteiger partial charge on any atom is 0.324 e. The minimum Gasteiger partial charge on any atom is -0.485 e. The molecule has 1 fully saturated rings. The van der Waals surface area contributed by atoms with Gasteiger partial charge < -0.3 is 19.4 Å². The molecule has 1 aromatic heterocycles. The lowest BCUT2D eigenvalue weighted by atomic mass is 10.1. The molecule has 1 aliphatic rings. The van der Waals surface area contributed by atoms with Crippen molar-refractivity contribution >= 4 is 23.7 Å². The first-order chi connectivity index (χ1) is 16.7. The SMILES string of the molecule is COCCn1c(COc2ccccc2-c2ccccc2)nnc1SCCCN1C(=O)CNC1=O. The van der Waals surface area contributed by atoms with Crippen LogP contribution in [0.3, 0.4) is 0 Å². The summed E-state index contributed by atoms with van der Waals surface area (Å²) in [7, 11) is 1.65. The minimum absolute atomic E-state index is 0.0775. The Morgan fingerprint density at radius 3 is 2.59 bits per heavy atom. The molecule has 1 aliphatic heterocycles. The normalized spacial score (nSPS) is 13.4. The zero-order valence-corrected chi connectivity index (χ0v) is 19.8. The standard InChI is InChI=1S/C24H27N5O4S/c1-32-14-13-28-21(17-33-20-11-6-5-10-19(20)18-8-3-2-4-9-18)26-27-24(28)34-15-7-12-29-22(30)16-25-23(29)31/h2-6,8-11H,7,12-17H2,1H3,(H,25,31). The topological polar surface area (TPSA) is 98.6 Å². The third kappa shape index (κ3) is 5.75. The average Bonchev–Trinajstić information content (AvgIpc) is 3.41. The number of imide groups is 1. The smallest absolute Gasteiger partial charge is 0.324 e. The Morgan fingerprint density at radius 2 is 1.82 bits per heavy atom. The van der Waals surface area contributed by atoms with Crippen molar-refractivity contribution in [2.45, 2.75) is 24.7 Å². The van der Waals surface area contributed by atoms with Gasteiger partial charge in [0.15, 0.2) is 11.0 Å². The van der Waals surface area contributed by atoms with Gasteiger partial charge in [-0.2, -0.15) is 0 Å². The van der Waals surface area contributed by atoms with Gasteiger partial charge in [-0.15, -0.1) is 10.2 Å². The predicted octanol–water partition coefficient (Wildman–Crippen LogP) is 3.20.